The monoisotopic (exact) mass is 673 g/mol. The Morgan fingerprint density at radius 2 is 1.67 bits per heavy atom. The van der Waals surface area contributed by atoms with Crippen LogP contribution in [0, 0.1) is 17.8 Å². The highest BCUT2D eigenvalue weighted by Gasteiger charge is 2.54. The molecule has 11 nitrogen and oxygen atoms in total. The van der Waals surface area contributed by atoms with Gasteiger partial charge in [0.25, 0.3) is 0 Å². The summed E-state index contributed by atoms with van der Waals surface area (Å²) in [6, 6.07) is 0. The average molecular weight is 674 g/mol. The molecule has 2 fully saturated rings. The fraction of sp³-hybridized carbons (Fsp3) is 0.622. The maximum Gasteiger partial charge on any atom is 0.328 e. The molecule has 268 valence electrons. The lowest BCUT2D eigenvalue weighted by Gasteiger charge is -2.53. The Bertz CT molecular complexity index is 1280. The normalized spacial score (nSPS) is 28.4. The zero-order valence-electron chi connectivity index (χ0n) is 29.1. The van der Waals surface area contributed by atoms with Gasteiger partial charge in [-0.1, -0.05) is 69.7 Å². The number of ether oxygens (including phenoxy) is 3. The van der Waals surface area contributed by atoms with Crippen LogP contribution in [0.3, 0.4) is 0 Å². The summed E-state index contributed by atoms with van der Waals surface area (Å²) in [6.07, 6.45) is 13.7. The number of carboxylic acid groups (broad SMARTS) is 3. The van der Waals surface area contributed by atoms with Gasteiger partial charge in [0.2, 0.25) is 0 Å². The van der Waals surface area contributed by atoms with Gasteiger partial charge in [-0.15, -0.1) is 0 Å². The van der Waals surface area contributed by atoms with Crippen molar-refractivity contribution < 1.29 is 53.8 Å². The molecule has 2 heterocycles. The van der Waals surface area contributed by atoms with Crippen LogP contribution in [0.2, 0.25) is 0 Å². The second kappa shape index (κ2) is 18.9. The fourth-order valence-electron chi connectivity index (χ4n) is 5.86. The first-order valence-electron chi connectivity index (χ1n) is 16.8. The van der Waals surface area contributed by atoms with E-state index in [1.54, 1.807) is 38.2 Å². The van der Waals surface area contributed by atoms with Crippen molar-refractivity contribution in [2.75, 3.05) is 0 Å². The lowest BCUT2D eigenvalue weighted by Crippen LogP contribution is -2.59. The predicted molar refractivity (Wildman–Crippen MR) is 177 cm³/mol. The number of aliphatic carboxylic acids is 3. The molecule has 0 amide bonds. The van der Waals surface area contributed by atoms with Crippen LogP contribution >= 0.6 is 0 Å². The Balaban J connectivity index is 2.34. The second-order valence-electron chi connectivity index (χ2n) is 13.6. The molecule has 7 atom stereocenters. The van der Waals surface area contributed by atoms with E-state index >= 15 is 0 Å². The molecule has 0 saturated carbocycles. The smallest absolute Gasteiger partial charge is 0.328 e. The van der Waals surface area contributed by atoms with Crippen molar-refractivity contribution in [1.29, 1.82) is 0 Å². The van der Waals surface area contributed by atoms with Crippen LogP contribution < -0.4 is 5.11 Å². The summed E-state index contributed by atoms with van der Waals surface area (Å²) in [6.45, 7) is 11.5. The number of rotatable bonds is 17. The first-order chi connectivity index (χ1) is 22.5. The van der Waals surface area contributed by atoms with Gasteiger partial charge >= 0.3 is 17.9 Å². The number of carbonyl (C=O) groups excluding carboxylic acids is 2. The minimum Gasteiger partial charge on any atom is -0.545 e. The van der Waals surface area contributed by atoms with Crippen LogP contribution in [0.5, 0.6) is 0 Å². The Hall–Kier alpha value is -3.54. The van der Waals surface area contributed by atoms with E-state index in [0.717, 1.165) is 30.6 Å². The van der Waals surface area contributed by atoms with Crippen LogP contribution in [-0.4, -0.2) is 68.9 Å². The highest BCUT2D eigenvalue weighted by molar-refractivity contribution is 5.81. The van der Waals surface area contributed by atoms with Gasteiger partial charge in [0.15, 0.2) is 5.79 Å². The molecule has 2 saturated heterocycles. The molecule has 0 unspecified atom stereocenters. The van der Waals surface area contributed by atoms with Gasteiger partial charge in [0.1, 0.15) is 11.7 Å². The number of aliphatic hydroxyl groups excluding tert-OH is 1. The molecular weight excluding hydrogens is 620 g/mol. The Morgan fingerprint density at radius 1 is 0.958 bits per heavy atom. The van der Waals surface area contributed by atoms with Crippen molar-refractivity contribution in [3.8, 4) is 0 Å². The molecule has 2 aliphatic heterocycles. The van der Waals surface area contributed by atoms with E-state index in [9.17, 15) is 34.5 Å². The van der Waals surface area contributed by atoms with Crippen LogP contribution in [-0.2, 0) is 33.4 Å². The lowest BCUT2D eigenvalue weighted by atomic mass is 9.77. The topological polar surface area (TPSA) is 180 Å². The van der Waals surface area contributed by atoms with E-state index in [4.69, 9.17) is 19.3 Å². The maximum atomic E-state index is 13.0. The second-order valence-corrected chi connectivity index (χ2v) is 13.6. The van der Waals surface area contributed by atoms with Crippen LogP contribution in [0.1, 0.15) is 99.3 Å². The summed E-state index contributed by atoms with van der Waals surface area (Å²) >= 11 is 0. The van der Waals surface area contributed by atoms with Gasteiger partial charge in [-0.05, 0) is 69.4 Å². The molecule has 1 spiro atoms. The average Bonchev–Trinajstić information content (AvgIpc) is 3.01. The van der Waals surface area contributed by atoms with Gasteiger partial charge in [-0.25, -0.2) is 4.79 Å². The van der Waals surface area contributed by atoms with Crippen molar-refractivity contribution in [3.63, 3.8) is 0 Å². The van der Waals surface area contributed by atoms with Gasteiger partial charge in [-0.3, -0.25) is 9.59 Å². The highest BCUT2D eigenvalue weighted by Crippen LogP contribution is 2.48. The van der Waals surface area contributed by atoms with Crippen molar-refractivity contribution >= 4 is 23.9 Å². The summed E-state index contributed by atoms with van der Waals surface area (Å²) in [5, 5.41) is 39.4. The van der Waals surface area contributed by atoms with Gasteiger partial charge in [0.05, 0.1) is 31.0 Å². The van der Waals surface area contributed by atoms with E-state index in [1.807, 2.05) is 13.0 Å². The summed E-state index contributed by atoms with van der Waals surface area (Å²) in [4.78, 5) is 46.1. The number of carbonyl (C=O) groups is 4. The number of carboxylic acids is 3. The first kappa shape index (κ1) is 40.6. The summed E-state index contributed by atoms with van der Waals surface area (Å²) in [5.74, 6) is -5.02. The van der Waals surface area contributed by atoms with Crippen LogP contribution in [0.15, 0.2) is 59.8 Å². The van der Waals surface area contributed by atoms with E-state index in [1.165, 1.54) is 6.08 Å². The zero-order chi connectivity index (χ0) is 36.1. The minimum atomic E-state index is -1.32. The van der Waals surface area contributed by atoms with Crippen molar-refractivity contribution in [1.82, 2.24) is 0 Å². The SMILES string of the molecule is CC(/C=C/[C@H](O)[C@@H](C)/C=C/C(=O)[O-])=C\C[C@H]1O[C@]2(CC[C@@H]1C)CC[C@@](CCC(C)C)(OC(=O)CCC(=O)O)[C@H](/C=C/C(C)=C/C(=O)O)O2. The van der Waals surface area contributed by atoms with Crippen LogP contribution in [0.4, 0.5) is 0 Å². The minimum absolute atomic E-state index is 0.198. The molecule has 2 rings (SSSR count). The van der Waals surface area contributed by atoms with Gasteiger partial charge in [0, 0.05) is 24.8 Å². The van der Waals surface area contributed by atoms with Crippen molar-refractivity contribution in [3.05, 3.63) is 59.8 Å². The number of esters is 1. The zero-order valence-corrected chi connectivity index (χ0v) is 29.1. The Labute approximate surface area is 284 Å². The Kier molecular flexibility index (Phi) is 16.0. The summed E-state index contributed by atoms with van der Waals surface area (Å²) < 4.78 is 19.6. The predicted octanol–water partition coefficient (Wildman–Crippen LogP) is 5.04. The molecule has 3 N–H and O–H groups in total. The molecule has 0 radical (unpaired) electrons. The van der Waals surface area contributed by atoms with E-state index in [0.29, 0.717) is 37.7 Å². The van der Waals surface area contributed by atoms with Gasteiger partial charge in [-0.2, -0.15) is 0 Å². The number of aliphatic hydroxyl groups is 1. The van der Waals surface area contributed by atoms with E-state index < -0.39 is 53.4 Å². The number of hydrogen-bond acceptors (Lipinski definition) is 9. The van der Waals surface area contributed by atoms with E-state index in [-0.39, 0.29) is 30.8 Å². The van der Waals surface area contributed by atoms with E-state index in [2.05, 4.69) is 20.8 Å². The maximum absolute atomic E-state index is 13.0. The number of allylic oxidation sites excluding steroid dienone is 4. The molecule has 0 aromatic heterocycles. The quantitative estimate of drug-likeness (QED) is 0.107. The summed E-state index contributed by atoms with van der Waals surface area (Å²) in [5.41, 5.74) is 0.273. The molecular formula is C37H53O11-. The lowest BCUT2D eigenvalue weighted by molar-refractivity contribution is -0.345. The molecule has 0 bridgehead atoms. The third-order valence-corrected chi connectivity index (χ3v) is 8.96. The van der Waals surface area contributed by atoms with Crippen molar-refractivity contribution in [2.24, 2.45) is 17.8 Å². The Morgan fingerprint density at radius 3 is 2.29 bits per heavy atom. The van der Waals surface area contributed by atoms with Crippen molar-refractivity contribution in [2.45, 2.75) is 129 Å². The molecule has 0 aliphatic carbocycles. The molecule has 0 aromatic carbocycles. The molecule has 11 heteroatoms. The highest BCUT2D eigenvalue weighted by atomic mass is 16.7. The molecule has 2 aliphatic rings. The largest absolute Gasteiger partial charge is 0.545 e. The summed E-state index contributed by atoms with van der Waals surface area (Å²) in [7, 11) is 0. The molecule has 48 heavy (non-hydrogen) atoms. The van der Waals surface area contributed by atoms with Crippen LogP contribution in [0.25, 0.3) is 0 Å². The third-order valence-electron chi connectivity index (χ3n) is 8.96. The van der Waals surface area contributed by atoms with Gasteiger partial charge < -0.3 is 39.4 Å². The molecule has 0 aromatic rings. The standard InChI is InChI=1S/C37H54O11/c1-24(2)17-19-36(48-35(45)16-15-33(41)42)21-22-37(47-31(36)13-9-26(4)23-34(43)44)20-18-28(6)30(46-37)12-8-25(3)7-11-29(38)27(5)10-14-32(39)40/h7-11,13-14,23-24,27-31,38H,12,15-22H2,1-6H3,(H,39,40)(H,41,42)(H,43,44)/p-1/b11-7+,13-9+,14-10+,25-8+,26-23+/t27-,28-,29-,30+,31-,36+,37-/m0/s1. The third kappa shape index (κ3) is 13.5. The first-order valence-corrected chi connectivity index (χ1v) is 16.8. The number of hydrogen-bond donors (Lipinski definition) is 3. The fourth-order valence-corrected chi connectivity index (χ4v) is 5.86.